The van der Waals surface area contributed by atoms with Gasteiger partial charge in [0, 0.05) is 0 Å². The molecule has 3 aromatic rings. The highest BCUT2D eigenvalue weighted by Gasteiger charge is 2.01. The van der Waals surface area contributed by atoms with Crippen LogP contribution >= 0.6 is 12.2 Å². The molecule has 0 aliphatic carbocycles. The molecular weight excluding hydrogens is 361 g/mol. The van der Waals surface area contributed by atoms with Crippen LogP contribution < -0.4 is 15.5 Å². The number of para-hydroxylation sites is 1. The van der Waals surface area contributed by atoms with Crippen molar-refractivity contribution >= 4 is 29.2 Å². The molecule has 0 saturated carbocycles. The fourth-order valence-electron chi connectivity index (χ4n) is 2.27. The van der Waals surface area contributed by atoms with E-state index in [2.05, 4.69) is 15.8 Å². The van der Waals surface area contributed by atoms with Gasteiger partial charge in [-0.05, 0) is 59.7 Å². The lowest BCUT2D eigenvalue weighted by Crippen LogP contribution is -2.24. The number of hydrazone groups is 1. The summed E-state index contributed by atoms with van der Waals surface area (Å²) in [6.45, 7) is 0.520. The molecule has 3 rings (SSSR count). The van der Waals surface area contributed by atoms with Gasteiger partial charge in [0.2, 0.25) is 0 Å². The summed E-state index contributed by atoms with van der Waals surface area (Å²) in [6.07, 6.45) is 1.62. The Morgan fingerprint density at radius 2 is 1.67 bits per heavy atom. The summed E-state index contributed by atoms with van der Waals surface area (Å²) in [5, 5.41) is 7.01. The Morgan fingerprint density at radius 3 is 2.41 bits per heavy atom. The molecule has 0 heterocycles. The van der Waals surface area contributed by atoms with E-state index in [-0.39, 0.29) is 10.9 Å². The number of rotatable bonds is 6. The van der Waals surface area contributed by atoms with Gasteiger partial charge in [-0.15, -0.1) is 0 Å². The molecule has 0 unspecified atom stereocenters. The predicted octanol–water partition coefficient (Wildman–Crippen LogP) is 4.73. The first kappa shape index (κ1) is 18.5. The normalized spacial score (nSPS) is 10.6. The number of halogens is 1. The van der Waals surface area contributed by atoms with Crippen LogP contribution in [0.5, 0.6) is 5.75 Å². The molecule has 27 heavy (non-hydrogen) atoms. The number of anilines is 1. The molecule has 0 aromatic heterocycles. The Bertz CT molecular complexity index is 914. The lowest BCUT2D eigenvalue weighted by Gasteiger charge is -2.07. The first-order valence-corrected chi connectivity index (χ1v) is 8.73. The summed E-state index contributed by atoms with van der Waals surface area (Å²) in [4.78, 5) is 0. The zero-order valence-corrected chi connectivity index (χ0v) is 15.2. The second-order valence-corrected chi connectivity index (χ2v) is 6.06. The third-order valence-electron chi connectivity index (χ3n) is 3.63. The minimum atomic E-state index is -0.378. The minimum Gasteiger partial charge on any atom is -0.489 e. The van der Waals surface area contributed by atoms with E-state index < -0.39 is 0 Å². The topological polar surface area (TPSA) is 45.7 Å². The van der Waals surface area contributed by atoms with Gasteiger partial charge in [-0.3, -0.25) is 5.43 Å². The van der Waals surface area contributed by atoms with Gasteiger partial charge in [-0.2, -0.15) is 5.10 Å². The summed E-state index contributed by atoms with van der Waals surface area (Å²) in [6, 6.07) is 23.8. The zero-order chi connectivity index (χ0) is 18.9. The van der Waals surface area contributed by atoms with Crippen LogP contribution in [0.2, 0.25) is 0 Å². The average Bonchev–Trinajstić information content (AvgIpc) is 2.70. The first-order chi connectivity index (χ1) is 13.2. The van der Waals surface area contributed by atoms with Gasteiger partial charge in [-0.1, -0.05) is 42.5 Å². The molecule has 0 fully saturated rings. The second kappa shape index (κ2) is 9.45. The summed E-state index contributed by atoms with van der Waals surface area (Å²) in [7, 11) is 0. The van der Waals surface area contributed by atoms with E-state index in [1.165, 1.54) is 6.07 Å². The Hall–Kier alpha value is -3.25. The van der Waals surface area contributed by atoms with Crippen LogP contribution in [0.1, 0.15) is 11.1 Å². The van der Waals surface area contributed by atoms with Crippen LogP contribution in [-0.2, 0) is 6.61 Å². The maximum Gasteiger partial charge on any atom is 0.191 e. The summed E-state index contributed by atoms with van der Waals surface area (Å²) < 4.78 is 19.3. The lowest BCUT2D eigenvalue weighted by molar-refractivity contribution is 0.306. The highest BCUT2D eigenvalue weighted by Crippen LogP contribution is 2.14. The number of benzene rings is 3. The molecule has 2 N–H and O–H groups in total. The molecule has 0 aliphatic rings. The smallest absolute Gasteiger partial charge is 0.191 e. The van der Waals surface area contributed by atoms with E-state index in [0.717, 1.165) is 16.9 Å². The van der Waals surface area contributed by atoms with Gasteiger partial charge in [0.25, 0.3) is 0 Å². The summed E-state index contributed by atoms with van der Waals surface area (Å²) in [5.41, 5.74) is 4.95. The number of hydrogen-bond donors (Lipinski definition) is 2. The standard InChI is InChI=1S/C21H18FN3OS/c22-19-8-4-5-9-20(19)24-21(27)25-23-14-16-10-12-18(13-11-16)26-15-17-6-2-1-3-7-17/h1-14H,15H2,(H2,24,25,27)/b23-14-. The molecule has 0 bridgehead atoms. The van der Waals surface area contributed by atoms with E-state index in [1.807, 2.05) is 54.6 Å². The number of thiocarbonyl (C=S) groups is 1. The van der Waals surface area contributed by atoms with Gasteiger partial charge in [0.15, 0.2) is 5.11 Å². The van der Waals surface area contributed by atoms with Crippen LogP contribution in [0.3, 0.4) is 0 Å². The molecule has 0 saturated heterocycles. The van der Waals surface area contributed by atoms with Gasteiger partial charge >= 0.3 is 0 Å². The number of hydrogen-bond acceptors (Lipinski definition) is 3. The Kier molecular flexibility index (Phi) is 6.49. The van der Waals surface area contributed by atoms with E-state index in [0.29, 0.717) is 12.3 Å². The van der Waals surface area contributed by atoms with Gasteiger partial charge < -0.3 is 10.1 Å². The lowest BCUT2D eigenvalue weighted by atomic mass is 10.2. The predicted molar refractivity (Wildman–Crippen MR) is 111 cm³/mol. The molecular formula is C21H18FN3OS. The highest BCUT2D eigenvalue weighted by molar-refractivity contribution is 7.80. The van der Waals surface area contributed by atoms with Crippen molar-refractivity contribution in [1.82, 2.24) is 5.43 Å². The third kappa shape index (κ3) is 5.90. The Balaban J connectivity index is 1.47. The van der Waals surface area contributed by atoms with E-state index in [4.69, 9.17) is 17.0 Å². The molecule has 136 valence electrons. The van der Waals surface area contributed by atoms with Crippen molar-refractivity contribution in [1.29, 1.82) is 0 Å². The Morgan fingerprint density at radius 1 is 0.963 bits per heavy atom. The van der Waals surface area contributed by atoms with Crippen molar-refractivity contribution in [3.63, 3.8) is 0 Å². The maximum atomic E-state index is 13.5. The molecule has 6 heteroatoms. The molecule has 0 aliphatic heterocycles. The average molecular weight is 379 g/mol. The number of ether oxygens (including phenoxy) is 1. The fraction of sp³-hybridized carbons (Fsp3) is 0.0476. The molecule has 0 spiro atoms. The number of nitrogens with zero attached hydrogens (tertiary/aromatic N) is 1. The van der Waals surface area contributed by atoms with Gasteiger partial charge in [0.1, 0.15) is 18.2 Å². The summed E-state index contributed by atoms with van der Waals surface area (Å²) in [5.74, 6) is 0.400. The highest BCUT2D eigenvalue weighted by atomic mass is 32.1. The van der Waals surface area contributed by atoms with Crippen LogP contribution in [-0.4, -0.2) is 11.3 Å². The zero-order valence-electron chi connectivity index (χ0n) is 14.4. The number of nitrogens with one attached hydrogen (secondary N) is 2. The van der Waals surface area contributed by atoms with Gasteiger partial charge in [0.05, 0.1) is 11.9 Å². The van der Waals surface area contributed by atoms with Crippen LogP contribution in [0, 0.1) is 5.82 Å². The van der Waals surface area contributed by atoms with Crippen molar-refractivity contribution in [2.75, 3.05) is 5.32 Å². The molecule has 0 atom stereocenters. The van der Waals surface area contributed by atoms with Crippen LogP contribution in [0.4, 0.5) is 10.1 Å². The SMILES string of the molecule is Fc1ccccc1NC(=S)N/N=C\c1ccc(OCc2ccccc2)cc1. The molecule has 0 radical (unpaired) electrons. The van der Waals surface area contributed by atoms with Crippen molar-refractivity contribution in [3.8, 4) is 5.75 Å². The molecule has 3 aromatic carbocycles. The third-order valence-corrected chi connectivity index (χ3v) is 3.82. The Labute approximate surface area is 162 Å². The van der Waals surface area contributed by atoms with Gasteiger partial charge in [-0.25, -0.2) is 4.39 Å². The van der Waals surface area contributed by atoms with Crippen molar-refractivity contribution in [2.24, 2.45) is 5.10 Å². The summed E-state index contributed by atoms with van der Waals surface area (Å²) >= 11 is 5.09. The van der Waals surface area contributed by atoms with Crippen LogP contribution in [0.25, 0.3) is 0 Å². The van der Waals surface area contributed by atoms with E-state index >= 15 is 0 Å². The van der Waals surface area contributed by atoms with E-state index in [9.17, 15) is 4.39 Å². The minimum absolute atomic E-state index is 0.208. The van der Waals surface area contributed by atoms with Crippen molar-refractivity contribution < 1.29 is 9.13 Å². The first-order valence-electron chi connectivity index (χ1n) is 8.32. The monoisotopic (exact) mass is 379 g/mol. The fourth-order valence-corrected chi connectivity index (χ4v) is 2.43. The van der Waals surface area contributed by atoms with Crippen LogP contribution in [0.15, 0.2) is 84.0 Å². The second-order valence-electron chi connectivity index (χ2n) is 5.65. The molecule has 4 nitrogen and oxygen atoms in total. The quantitative estimate of drug-likeness (QED) is 0.369. The molecule has 0 amide bonds. The maximum absolute atomic E-state index is 13.5. The van der Waals surface area contributed by atoms with Crippen molar-refractivity contribution in [3.05, 3.63) is 95.8 Å². The largest absolute Gasteiger partial charge is 0.489 e. The van der Waals surface area contributed by atoms with E-state index in [1.54, 1.807) is 24.4 Å². The van der Waals surface area contributed by atoms with Crippen molar-refractivity contribution in [2.45, 2.75) is 6.61 Å².